The Morgan fingerprint density at radius 3 is 2.35 bits per heavy atom. The van der Waals surface area contributed by atoms with Gasteiger partial charge in [0.2, 0.25) is 0 Å². The van der Waals surface area contributed by atoms with Gasteiger partial charge in [-0.3, -0.25) is 5.41 Å². The van der Waals surface area contributed by atoms with Crippen LogP contribution < -0.4 is 10.5 Å². The highest BCUT2D eigenvalue weighted by atomic mass is 35.5. The largest absolute Gasteiger partial charge is 0.488 e. The van der Waals surface area contributed by atoms with Crippen LogP contribution in [0.4, 0.5) is 8.78 Å². The summed E-state index contributed by atoms with van der Waals surface area (Å²) in [5, 5.41) is 7.69. The predicted octanol–water partition coefficient (Wildman–Crippen LogP) is 3.48. The summed E-state index contributed by atoms with van der Waals surface area (Å²) in [4.78, 5) is 0. The van der Waals surface area contributed by atoms with Crippen molar-refractivity contribution in [3.63, 3.8) is 0 Å². The molecule has 2 aromatic carbocycles. The normalized spacial score (nSPS) is 10.3. The van der Waals surface area contributed by atoms with Gasteiger partial charge in [-0.15, -0.1) is 0 Å². The quantitative estimate of drug-likeness (QED) is 0.670. The summed E-state index contributed by atoms with van der Waals surface area (Å²) >= 11 is 5.92. The number of amidine groups is 1. The molecule has 104 valence electrons. The molecule has 0 radical (unpaired) electrons. The highest BCUT2D eigenvalue weighted by Crippen LogP contribution is 2.27. The van der Waals surface area contributed by atoms with Gasteiger partial charge < -0.3 is 10.5 Å². The van der Waals surface area contributed by atoms with E-state index in [0.29, 0.717) is 0 Å². The van der Waals surface area contributed by atoms with E-state index in [4.69, 9.17) is 27.5 Å². The van der Waals surface area contributed by atoms with Crippen LogP contribution in [0.2, 0.25) is 5.02 Å². The minimum absolute atomic E-state index is 0.193. The molecule has 20 heavy (non-hydrogen) atoms. The van der Waals surface area contributed by atoms with Crippen molar-refractivity contribution >= 4 is 17.4 Å². The molecule has 6 heteroatoms. The van der Waals surface area contributed by atoms with Gasteiger partial charge >= 0.3 is 0 Å². The third-order valence-corrected chi connectivity index (χ3v) is 2.99. The van der Waals surface area contributed by atoms with Crippen molar-refractivity contribution in [2.75, 3.05) is 0 Å². The fraction of sp³-hybridized carbons (Fsp3) is 0.0714. The minimum atomic E-state index is -0.698. The zero-order valence-corrected chi connectivity index (χ0v) is 11.0. The molecule has 0 unspecified atom stereocenters. The minimum Gasteiger partial charge on any atom is -0.488 e. The number of benzene rings is 2. The van der Waals surface area contributed by atoms with E-state index in [1.54, 1.807) is 12.1 Å². The molecule has 0 aromatic heterocycles. The number of nitrogens with two attached hydrogens (primary N) is 1. The highest BCUT2D eigenvalue weighted by Gasteiger charge is 2.14. The van der Waals surface area contributed by atoms with E-state index in [2.05, 4.69) is 0 Å². The molecule has 2 rings (SSSR count). The number of hydrogen-bond donors (Lipinski definition) is 2. The van der Waals surface area contributed by atoms with Gasteiger partial charge in [0.1, 0.15) is 29.8 Å². The van der Waals surface area contributed by atoms with E-state index < -0.39 is 11.6 Å². The van der Waals surface area contributed by atoms with E-state index in [1.807, 2.05) is 0 Å². The van der Waals surface area contributed by atoms with Crippen molar-refractivity contribution in [3.05, 3.63) is 64.2 Å². The molecule has 0 aliphatic carbocycles. The molecule has 0 aliphatic heterocycles. The topological polar surface area (TPSA) is 59.1 Å². The van der Waals surface area contributed by atoms with Gasteiger partial charge in [0.15, 0.2) is 0 Å². The Balaban J connectivity index is 2.28. The third kappa shape index (κ3) is 2.88. The molecule has 0 fully saturated rings. The number of ether oxygens (including phenoxy) is 1. The first-order valence-corrected chi connectivity index (χ1v) is 6.07. The first kappa shape index (κ1) is 14.3. The molecule has 0 saturated carbocycles. The molecule has 0 saturated heterocycles. The molecular weight excluding hydrogens is 286 g/mol. The maximum Gasteiger partial charge on any atom is 0.132 e. The van der Waals surface area contributed by atoms with E-state index in [9.17, 15) is 8.78 Å². The standard InChI is InChI=1S/C14H11ClF2N2O/c15-9-3-1-6-12(13(9)14(18)19)20-7-8-10(16)4-2-5-11(8)17/h1-6H,7H2,(H3,18,19). The lowest BCUT2D eigenvalue weighted by atomic mass is 10.1. The second-order valence-electron chi connectivity index (χ2n) is 4.02. The van der Waals surface area contributed by atoms with Gasteiger partial charge in [-0.05, 0) is 24.3 Å². The summed E-state index contributed by atoms with van der Waals surface area (Å²) in [7, 11) is 0. The summed E-state index contributed by atoms with van der Waals surface area (Å²) in [5.74, 6) is -1.47. The van der Waals surface area contributed by atoms with Crippen LogP contribution in [-0.4, -0.2) is 5.84 Å². The van der Waals surface area contributed by atoms with Gasteiger partial charge in [-0.1, -0.05) is 23.7 Å². The smallest absolute Gasteiger partial charge is 0.132 e. The Bertz CT molecular complexity index is 641. The average Bonchev–Trinajstić information content (AvgIpc) is 2.37. The number of hydrogen-bond acceptors (Lipinski definition) is 2. The Morgan fingerprint density at radius 1 is 1.15 bits per heavy atom. The molecule has 3 nitrogen and oxygen atoms in total. The van der Waals surface area contributed by atoms with Crippen LogP contribution in [0.1, 0.15) is 11.1 Å². The molecule has 0 spiro atoms. The van der Waals surface area contributed by atoms with Gasteiger partial charge in [0.25, 0.3) is 0 Å². The monoisotopic (exact) mass is 296 g/mol. The van der Waals surface area contributed by atoms with Gasteiger partial charge in [-0.25, -0.2) is 8.78 Å². The number of nitrogen functional groups attached to an aromatic ring is 1. The van der Waals surface area contributed by atoms with Gasteiger partial charge in [0, 0.05) is 0 Å². The number of nitrogens with one attached hydrogen (secondary N) is 1. The number of halogens is 3. The Hall–Kier alpha value is -2.14. The van der Waals surface area contributed by atoms with Crippen molar-refractivity contribution < 1.29 is 13.5 Å². The molecule has 3 N–H and O–H groups in total. The molecule has 0 bridgehead atoms. The highest BCUT2D eigenvalue weighted by molar-refractivity contribution is 6.34. The molecule has 0 aliphatic rings. The Morgan fingerprint density at radius 2 is 1.75 bits per heavy atom. The lowest BCUT2D eigenvalue weighted by Crippen LogP contribution is -2.14. The van der Waals surface area contributed by atoms with Crippen LogP contribution in [0.25, 0.3) is 0 Å². The van der Waals surface area contributed by atoms with Crippen LogP contribution in [0.3, 0.4) is 0 Å². The van der Waals surface area contributed by atoms with Crippen molar-refractivity contribution in [2.45, 2.75) is 6.61 Å². The zero-order chi connectivity index (χ0) is 14.7. The van der Waals surface area contributed by atoms with Gasteiger partial charge in [-0.2, -0.15) is 0 Å². The second kappa shape index (κ2) is 5.88. The summed E-state index contributed by atoms with van der Waals surface area (Å²) in [5.41, 5.74) is 5.42. The van der Waals surface area contributed by atoms with E-state index in [-0.39, 0.29) is 34.3 Å². The lowest BCUT2D eigenvalue weighted by molar-refractivity contribution is 0.292. The van der Waals surface area contributed by atoms with Crippen LogP contribution in [0.5, 0.6) is 5.75 Å². The third-order valence-electron chi connectivity index (χ3n) is 2.68. The van der Waals surface area contributed by atoms with E-state index in [1.165, 1.54) is 12.1 Å². The van der Waals surface area contributed by atoms with Crippen LogP contribution in [0.15, 0.2) is 36.4 Å². The van der Waals surface area contributed by atoms with Crippen molar-refractivity contribution in [1.82, 2.24) is 0 Å². The predicted molar refractivity (Wildman–Crippen MR) is 73.2 cm³/mol. The molecule has 2 aromatic rings. The summed E-state index contributed by atoms with van der Waals surface area (Å²) in [6, 6.07) is 8.24. The van der Waals surface area contributed by atoms with Crippen LogP contribution in [0, 0.1) is 17.0 Å². The van der Waals surface area contributed by atoms with E-state index >= 15 is 0 Å². The molecular formula is C14H11ClF2N2O. The lowest BCUT2D eigenvalue weighted by Gasteiger charge is -2.12. The zero-order valence-electron chi connectivity index (χ0n) is 10.3. The Labute approximate surface area is 119 Å². The first-order chi connectivity index (χ1) is 9.50. The van der Waals surface area contributed by atoms with E-state index in [0.717, 1.165) is 12.1 Å². The van der Waals surface area contributed by atoms with Crippen molar-refractivity contribution in [2.24, 2.45) is 5.73 Å². The van der Waals surface area contributed by atoms with Gasteiger partial charge in [0.05, 0.1) is 16.1 Å². The maximum atomic E-state index is 13.5. The summed E-state index contributed by atoms with van der Waals surface area (Å²) in [6.45, 7) is -0.320. The fourth-order valence-corrected chi connectivity index (χ4v) is 1.97. The molecule has 0 atom stereocenters. The van der Waals surface area contributed by atoms with Crippen molar-refractivity contribution in [3.8, 4) is 5.75 Å². The SMILES string of the molecule is N=C(N)c1c(Cl)cccc1OCc1c(F)cccc1F. The second-order valence-corrected chi connectivity index (χ2v) is 4.42. The average molecular weight is 297 g/mol. The first-order valence-electron chi connectivity index (χ1n) is 5.69. The molecule has 0 amide bonds. The summed E-state index contributed by atoms with van der Waals surface area (Å²) < 4.78 is 32.3. The van der Waals surface area contributed by atoms with Crippen LogP contribution >= 0.6 is 11.6 Å². The summed E-state index contributed by atoms with van der Waals surface area (Å²) in [6.07, 6.45) is 0. The number of rotatable bonds is 4. The van der Waals surface area contributed by atoms with Crippen LogP contribution in [-0.2, 0) is 6.61 Å². The van der Waals surface area contributed by atoms with Crippen molar-refractivity contribution in [1.29, 1.82) is 5.41 Å². The molecule has 0 heterocycles. The maximum absolute atomic E-state index is 13.5. The fourth-order valence-electron chi connectivity index (χ4n) is 1.71. The Kier molecular flexibility index (Phi) is 4.20.